The predicted octanol–water partition coefficient (Wildman–Crippen LogP) is 5.02. The Labute approximate surface area is 163 Å². The Bertz CT molecular complexity index is 750. The molecule has 4 heteroatoms. The fourth-order valence-corrected chi connectivity index (χ4v) is 4.45. The number of carbonyl (C=O) groups excluding carboxylic acids is 1. The molecule has 1 aliphatic carbocycles. The van der Waals surface area contributed by atoms with Crippen LogP contribution in [0.15, 0.2) is 36.5 Å². The van der Waals surface area contributed by atoms with Gasteiger partial charge in [-0.15, -0.1) is 0 Å². The van der Waals surface area contributed by atoms with Gasteiger partial charge in [0.05, 0.1) is 23.1 Å². The normalized spacial score (nSPS) is 22.8. The Kier molecular flexibility index (Phi) is 6.35. The summed E-state index contributed by atoms with van der Waals surface area (Å²) < 4.78 is 1.92. The van der Waals surface area contributed by atoms with E-state index in [9.17, 15) is 4.79 Å². The zero-order valence-electron chi connectivity index (χ0n) is 17.1. The third-order valence-electron chi connectivity index (χ3n) is 5.94. The number of hydrogen-bond donors (Lipinski definition) is 1. The van der Waals surface area contributed by atoms with E-state index in [0.717, 1.165) is 36.2 Å². The largest absolute Gasteiger partial charge is 0.349 e. The van der Waals surface area contributed by atoms with Crippen molar-refractivity contribution in [1.29, 1.82) is 0 Å². The summed E-state index contributed by atoms with van der Waals surface area (Å²) in [4.78, 5) is 13.2. The van der Waals surface area contributed by atoms with Gasteiger partial charge in [-0.2, -0.15) is 5.10 Å². The molecule has 0 aliphatic heterocycles. The second-order valence-electron chi connectivity index (χ2n) is 8.41. The average molecular weight is 368 g/mol. The van der Waals surface area contributed by atoms with Crippen LogP contribution in [-0.2, 0) is 6.42 Å². The van der Waals surface area contributed by atoms with E-state index in [4.69, 9.17) is 0 Å². The monoisotopic (exact) mass is 367 g/mol. The molecule has 0 bridgehead atoms. The van der Waals surface area contributed by atoms with Crippen molar-refractivity contribution in [1.82, 2.24) is 15.1 Å². The van der Waals surface area contributed by atoms with E-state index in [1.807, 2.05) is 35.0 Å². The van der Waals surface area contributed by atoms with Crippen molar-refractivity contribution < 1.29 is 4.79 Å². The van der Waals surface area contributed by atoms with Crippen LogP contribution >= 0.6 is 0 Å². The summed E-state index contributed by atoms with van der Waals surface area (Å²) in [5.41, 5.74) is 2.74. The van der Waals surface area contributed by atoms with Crippen LogP contribution in [0, 0.1) is 17.8 Å². The van der Waals surface area contributed by atoms with Gasteiger partial charge < -0.3 is 5.32 Å². The molecule has 1 saturated carbocycles. The fraction of sp³-hybridized carbons (Fsp3) is 0.565. The van der Waals surface area contributed by atoms with E-state index >= 15 is 0 Å². The Balaban J connectivity index is 1.85. The van der Waals surface area contributed by atoms with Gasteiger partial charge in [0, 0.05) is 6.04 Å². The van der Waals surface area contributed by atoms with Gasteiger partial charge in [-0.1, -0.05) is 58.7 Å². The highest BCUT2D eigenvalue weighted by Gasteiger charge is 2.32. The Morgan fingerprint density at radius 1 is 1.26 bits per heavy atom. The molecule has 1 heterocycles. The van der Waals surface area contributed by atoms with Crippen LogP contribution in [0.4, 0.5) is 0 Å². The molecule has 1 aromatic heterocycles. The summed E-state index contributed by atoms with van der Waals surface area (Å²) in [5, 5.41) is 7.91. The maximum absolute atomic E-state index is 13.2. The predicted molar refractivity (Wildman–Crippen MR) is 110 cm³/mol. The fourth-order valence-electron chi connectivity index (χ4n) is 4.45. The molecule has 3 rings (SSSR count). The summed E-state index contributed by atoms with van der Waals surface area (Å²) in [6.45, 7) is 8.98. The number of rotatable bonds is 6. The smallest absolute Gasteiger partial charge is 0.254 e. The molecule has 1 aromatic carbocycles. The number of aromatic nitrogens is 2. The summed E-state index contributed by atoms with van der Waals surface area (Å²) in [5.74, 6) is 1.85. The molecule has 0 saturated heterocycles. The number of nitrogens with zero attached hydrogens (tertiary/aromatic N) is 2. The number of hydrogen-bond acceptors (Lipinski definition) is 2. The first-order valence-electron chi connectivity index (χ1n) is 10.4. The Morgan fingerprint density at radius 2 is 2.00 bits per heavy atom. The van der Waals surface area contributed by atoms with Crippen molar-refractivity contribution >= 4 is 5.91 Å². The first-order chi connectivity index (χ1) is 13.0. The van der Waals surface area contributed by atoms with Gasteiger partial charge in [-0.3, -0.25) is 4.79 Å². The lowest BCUT2D eigenvalue weighted by Crippen LogP contribution is -2.45. The molecule has 3 atom stereocenters. The van der Waals surface area contributed by atoms with Crippen LogP contribution in [0.25, 0.3) is 5.69 Å². The Morgan fingerprint density at radius 3 is 2.67 bits per heavy atom. The van der Waals surface area contributed by atoms with E-state index in [1.165, 1.54) is 12.8 Å². The van der Waals surface area contributed by atoms with Crippen molar-refractivity contribution in [2.75, 3.05) is 0 Å². The van der Waals surface area contributed by atoms with Crippen LogP contribution < -0.4 is 5.32 Å². The molecule has 1 amide bonds. The summed E-state index contributed by atoms with van der Waals surface area (Å²) >= 11 is 0. The highest BCUT2D eigenvalue weighted by Crippen LogP contribution is 2.33. The van der Waals surface area contributed by atoms with Crippen molar-refractivity contribution in [3.63, 3.8) is 0 Å². The number of benzene rings is 1. The zero-order chi connectivity index (χ0) is 19.4. The number of nitrogens with one attached hydrogen (secondary N) is 1. The lowest BCUT2D eigenvalue weighted by molar-refractivity contribution is 0.0867. The molecule has 0 spiro atoms. The van der Waals surface area contributed by atoms with Crippen LogP contribution in [0.5, 0.6) is 0 Å². The van der Waals surface area contributed by atoms with Gasteiger partial charge in [-0.05, 0) is 49.1 Å². The number of para-hydroxylation sites is 1. The maximum atomic E-state index is 13.2. The minimum absolute atomic E-state index is 0.0328. The van der Waals surface area contributed by atoms with Gasteiger partial charge in [0.25, 0.3) is 5.91 Å². The standard InChI is InChI=1S/C23H33N3O/c1-5-9-22-20(15-24-26(22)18-10-7-6-8-11-18)23(27)25-21-14-17(4)12-13-19(21)16(2)3/h6-8,10-11,15-17,19,21H,5,9,12-14H2,1-4H3,(H,25,27)/t17-,19+,21?/m1/s1. The minimum atomic E-state index is 0.0328. The summed E-state index contributed by atoms with van der Waals surface area (Å²) in [6.07, 6.45) is 7.10. The third kappa shape index (κ3) is 4.42. The van der Waals surface area contributed by atoms with E-state index in [-0.39, 0.29) is 11.9 Å². The quantitative estimate of drug-likeness (QED) is 0.779. The SMILES string of the molecule is CCCc1c(C(=O)NC2C[C@H](C)CC[C@H]2C(C)C)cnn1-c1ccccc1. The molecule has 1 N–H and O–H groups in total. The third-order valence-corrected chi connectivity index (χ3v) is 5.94. The highest BCUT2D eigenvalue weighted by atomic mass is 16.1. The van der Waals surface area contributed by atoms with Gasteiger partial charge in [0.15, 0.2) is 0 Å². The molecule has 1 unspecified atom stereocenters. The molecule has 4 nitrogen and oxygen atoms in total. The van der Waals surface area contributed by atoms with Crippen molar-refractivity contribution in [3.8, 4) is 5.69 Å². The lowest BCUT2D eigenvalue weighted by Gasteiger charge is -2.37. The molecule has 1 aliphatic rings. The number of carbonyl (C=O) groups is 1. The van der Waals surface area contributed by atoms with Gasteiger partial charge in [-0.25, -0.2) is 4.68 Å². The first kappa shape index (κ1) is 19.7. The van der Waals surface area contributed by atoms with Crippen molar-refractivity contribution in [3.05, 3.63) is 47.8 Å². The molecular weight excluding hydrogens is 334 g/mol. The Hall–Kier alpha value is -2.10. The topological polar surface area (TPSA) is 46.9 Å². The van der Waals surface area contributed by atoms with E-state index in [0.29, 0.717) is 17.8 Å². The molecule has 1 fully saturated rings. The van der Waals surface area contributed by atoms with E-state index in [1.54, 1.807) is 6.20 Å². The van der Waals surface area contributed by atoms with Crippen LogP contribution in [-0.4, -0.2) is 21.7 Å². The summed E-state index contributed by atoms with van der Waals surface area (Å²) in [6, 6.07) is 10.3. The van der Waals surface area contributed by atoms with Crippen LogP contribution in [0.3, 0.4) is 0 Å². The molecule has 146 valence electrons. The summed E-state index contributed by atoms with van der Waals surface area (Å²) in [7, 11) is 0. The van der Waals surface area contributed by atoms with E-state index < -0.39 is 0 Å². The molecule has 27 heavy (non-hydrogen) atoms. The second kappa shape index (κ2) is 8.73. The van der Waals surface area contributed by atoms with Gasteiger partial charge >= 0.3 is 0 Å². The molecular formula is C23H33N3O. The first-order valence-corrected chi connectivity index (χ1v) is 10.4. The van der Waals surface area contributed by atoms with Crippen LogP contribution in [0.2, 0.25) is 0 Å². The lowest BCUT2D eigenvalue weighted by atomic mass is 9.74. The average Bonchev–Trinajstić information content (AvgIpc) is 3.06. The zero-order valence-corrected chi connectivity index (χ0v) is 17.1. The maximum Gasteiger partial charge on any atom is 0.254 e. The van der Waals surface area contributed by atoms with Crippen LogP contribution in [0.1, 0.15) is 69.4 Å². The molecule has 2 aromatic rings. The van der Waals surface area contributed by atoms with Gasteiger partial charge in [0.1, 0.15) is 0 Å². The van der Waals surface area contributed by atoms with Gasteiger partial charge in [0.2, 0.25) is 0 Å². The highest BCUT2D eigenvalue weighted by molar-refractivity contribution is 5.95. The van der Waals surface area contributed by atoms with E-state index in [2.05, 4.69) is 38.1 Å². The number of amides is 1. The second-order valence-corrected chi connectivity index (χ2v) is 8.41. The van der Waals surface area contributed by atoms with Crippen molar-refractivity contribution in [2.24, 2.45) is 17.8 Å². The van der Waals surface area contributed by atoms with Crippen molar-refractivity contribution in [2.45, 2.75) is 65.8 Å². The minimum Gasteiger partial charge on any atom is -0.349 e. The molecule has 0 radical (unpaired) electrons.